The Bertz CT molecular complexity index is 856. The summed E-state index contributed by atoms with van der Waals surface area (Å²) in [5, 5.41) is 8.09. The van der Waals surface area contributed by atoms with Crippen molar-refractivity contribution in [2.75, 3.05) is 49.5 Å². The molecule has 0 aliphatic carbocycles. The number of piperidine rings is 1. The lowest BCUT2D eigenvalue weighted by molar-refractivity contribution is 0.0697. The molecule has 7 nitrogen and oxygen atoms in total. The topological polar surface area (TPSA) is 77.6 Å². The second-order valence-electron chi connectivity index (χ2n) is 7.74. The van der Waals surface area contributed by atoms with Crippen molar-refractivity contribution in [2.24, 2.45) is 5.92 Å². The number of amides is 2. The summed E-state index contributed by atoms with van der Waals surface area (Å²) in [6.45, 7) is 7.13. The molecule has 2 aliphatic rings. The van der Waals surface area contributed by atoms with Gasteiger partial charge in [-0.15, -0.1) is 11.3 Å². The van der Waals surface area contributed by atoms with Crippen molar-refractivity contribution >= 4 is 34.7 Å². The third kappa shape index (κ3) is 4.59. The van der Waals surface area contributed by atoms with Gasteiger partial charge in [-0.3, -0.25) is 9.59 Å². The maximum atomic E-state index is 13.4. The average molecular weight is 414 g/mol. The van der Waals surface area contributed by atoms with E-state index < -0.39 is 0 Å². The summed E-state index contributed by atoms with van der Waals surface area (Å²) in [5.74, 6) is 1.19. The molecule has 2 saturated heterocycles. The number of hydrogen-bond acceptors (Lipinski definition) is 6. The van der Waals surface area contributed by atoms with Crippen LogP contribution >= 0.6 is 11.3 Å². The minimum atomic E-state index is -0.179. The fraction of sp³-hybridized carbons (Fsp3) is 0.476. The number of aromatic nitrogens is 1. The third-order valence-corrected chi connectivity index (χ3v) is 6.46. The molecular weight excluding hydrogens is 386 g/mol. The van der Waals surface area contributed by atoms with E-state index in [1.165, 1.54) is 11.3 Å². The molecule has 0 unspecified atom stereocenters. The van der Waals surface area contributed by atoms with Crippen LogP contribution in [0.1, 0.15) is 39.8 Å². The van der Waals surface area contributed by atoms with Crippen LogP contribution in [0.3, 0.4) is 0 Å². The molecule has 154 valence electrons. The molecule has 4 heterocycles. The first-order valence-electron chi connectivity index (χ1n) is 10.2. The van der Waals surface area contributed by atoms with E-state index in [9.17, 15) is 9.59 Å². The molecule has 0 aromatic carbocycles. The minimum Gasteiger partial charge on any atom is -0.353 e. The van der Waals surface area contributed by atoms with Crippen molar-refractivity contribution in [3.63, 3.8) is 0 Å². The molecule has 2 amide bonds. The van der Waals surface area contributed by atoms with E-state index in [0.717, 1.165) is 52.1 Å². The Balaban J connectivity index is 1.61. The standard InChI is InChI=1S/C21H27N5O2S/c1-15-4-8-26(9-5-15)21(28)17-13-16(24-20(27)18-3-2-12-29-18)14-23-19(17)25-10-6-22-7-11-25/h2-3,12-15,22H,4-11H2,1H3,(H,24,27). The van der Waals surface area contributed by atoms with Crippen molar-refractivity contribution in [3.05, 3.63) is 40.2 Å². The van der Waals surface area contributed by atoms with Gasteiger partial charge in [0.1, 0.15) is 5.82 Å². The summed E-state index contributed by atoms with van der Waals surface area (Å²) in [4.78, 5) is 35.1. The van der Waals surface area contributed by atoms with E-state index >= 15 is 0 Å². The maximum Gasteiger partial charge on any atom is 0.265 e. The predicted molar refractivity (Wildman–Crippen MR) is 116 cm³/mol. The number of piperazine rings is 1. The van der Waals surface area contributed by atoms with E-state index in [2.05, 4.69) is 27.4 Å². The summed E-state index contributed by atoms with van der Waals surface area (Å²) in [6.07, 6.45) is 3.70. The van der Waals surface area contributed by atoms with Crippen molar-refractivity contribution in [2.45, 2.75) is 19.8 Å². The first-order valence-corrected chi connectivity index (χ1v) is 11.1. The van der Waals surface area contributed by atoms with Gasteiger partial charge in [-0.05, 0) is 36.3 Å². The van der Waals surface area contributed by atoms with Crippen molar-refractivity contribution < 1.29 is 9.59 Å². The molecule has 8 heteroatoms. The maximum absolute atomic E-state index is 13.4. The second kappa shape index (κ2) is 8.92. The van der Waals surface area contributed by atoms with Gasteiger partial charge >= 0.3 is 0 Å². The molecule has 29 heavy (non-hydrogen) atoms. The fourth-order valence-electron chi connectivity index (χ4n) is 3.79. The molecule has 0 saturated carbocycles. The molecule has 0 bridgehead atoms. The van der Waals surface area contributed by atoms with Gasteiger partial charge in [0.05, 0.1) is 22.3 Å². The van der Waals surface area contributed by atoms with E-state index in [4.69, 9.17) is 0 Å². The van der Waals surface area contributed by atoms with Crippen LogP contribution in [0, 0.1) is 5.92 Å². The van der Waals surface area contributed by atoms with Crippen LogP contribution in [0.25, 0.3) is 0 Å². The highest BCUT2D eigenvalue weighted by Crippen LogP contribution is 2.26. The smallest absolute Gasteiger partial charge is 0.265 e. The van der Waals surface area contributed by atoms with E-state index in [1.807, 2.05) is 16.3 Å². The molecule has 4 rings (SSSR count). The molecule has 0 atom stereocenters. The second-order valence-corrected chi connectivity index (χ2v) is 8.69. The van der Waals surface area contributed by atoms with E-state index in [0.29, 0.717) is 27.9 Å². The fourth-order valence-corrected chi connectivity index (χ4v) is 4.41. The highest BCUT2D eigenvalue weighted by Gasteiger charge is 2.27. The molecule has 0 radical (unpaired) electrons. The van der Waals surface area contributed by atoms with Gasteiger partial charge in [0.25, 0.3) is 11.8 Å². The lowest BCUT2D eigenvalue weighted by atomic mass is 9.98. The van der Waals surface area contributed by atoms with Gasteiger partial charge in [0.2, 0.25) is 0 Å². The zero-order chi connectivity index (χ0) is 20.2. The van der Waals surface area contributed by atoms with Crippen LogP contribution in [0.2, 0.25) is 0 Å². The van der Waals surface area contributed by atoms with Gasteiger partial charge in [0, 0.05) is 39.3 Å². The molecular formula is C21H27N5O2S. The normalized spacial score (nSPS) is 18.0. The summed E-state index contributed by atoms with van der Waals surface area (Å²) in [7, 11) is 0. The largest absolute Gasteiger partial charge is 0.353 e. The molecule has 2 aliphatic heterocycles. The quantitative estimate of drug-likeness (QED) is 0.806. The summed E-state index contributed by atoms with van der Waals surface area (Å²) in [6, 6.07) is 5.41. The molecule has 2 fully saturated rings. The lowest BCUT2D eigenvalue weighted by Crippen LogP contribution is -2.45. The Morgan fingerprint density at radius 2 is 1.97 bits per heavy atom. The average Bonchev–Trinajstić information content (AvgIpc) is 3.29. The van der Waals surface area contributed by atoms with Gasteiger partial charge in [-0.1, -0.05) is 13.0 Å². The first kappa shape index (κ1) is 19.8. The number of nitrogens with zero attached hydrogens (tertiary/aromatic N) is 3. The van der Waals surface area contributed by atoms with Crippen LogP contribution in [0.15, 0.2) is 29.8 Å². The minimum absolute atomic E-state index is 0.00477. The summed E-state index contributed by atoms with van der Waals surface area (Å²) in [5.41, 5.74) is 1.13. The monoisotopic (exact) mass is 413 g/mol. The number of anilines is 2. The van der Waals surface area contributed by atoms with Gasteiger partial charge < -0.3 is 20.4 Å². The summed E-state index contributed by atoms with van der Waals surface area (Å²) >= 11 is 1.39. The van der Waals surface area contributed by atoms with E-state index in [-0.39, 0.29) is 11.8 Å². The number of thiophene rings is 1. The zero-order valence-corrected chi connectivity index (χ0v) is 17.5. The number of rotatable bonds is 4. The SMILES string of the molecule is CC1CCN(C(=O)c2cc(NC(=O)c3cccs3)cnc2N2CCNCC2)CC1. The first-order chi connectivity index (χ1) is 14.1. The molecule has 0 spiro atoms. The third-order valence-electron chi connectivity index (χ3n) is 5.59. The number of likely N-dealkylation sites (tertiary alicyclic amines) is 1. The number of hydrogen-bond donors (Lipinski definition) is 2. The van der Waals surface area contributed by atoms with Gasteiger partial charge in [-0.25, -0.2) is 4.98 Å². The highest BCUT2D eigenvalue weighted by molar-refractivity contribution is 7.12. The summed E-state index contributed by atoms with van der Waals surface area (Å²) < 4.78 is 0. The van der Waals surface area contributed by atoms with Crippen LogP contribution in [-0.4, -0.2) is 61.0 Å². The number of carbonyl (C=O) groups excluding carboxylic acids is 2. The van der Waals surface area contributed by atoms with Crippen molar-refractivity contribution in [1.29, 1.82) is 0 Å². The molecule has 2 aromatic rings. The van der Waals surface area contributed by atoms with Crippen LogP contribution in [0.4, 0.5) is 11.5 Å². The van der Waals surface area contributed by atoms with Crippen LogP contribution in [0.5, 0.6) is 0 Å². The Morgan fingerprint density at radius 3 is 2.66 bits per heavy atom. The van der Waals surface area contributed by atoms with E-state index in [1.54, 1.807) is 18.3 Å². The molecule has 2 N–H and O–H groups in total. The Hall–Kier alpha value is -2.45. The zero-order valence-electron chi connectivity index (χ0n) is 16.7. The molecule has 2 aromatic heterocycles. The predicted octanol–water partition coefficient (Wildman–Crippen LogP) is 2.68. The van der Waals surface area contributed by atoms with Gasteiger partial charge in [-0.2, -0.15) is 0 Å². The number of nitrogens with one attached hydrogen (secondary N) is 2. The Kier molecular flexibility index (Phi) is 6.10. The Labute approximate surface area is 175 Å². The van der Waals surface area contributed by atoms with Crippen molar-refractivity contribution in [1.82, 2.24) is 15.2 Å². The number of pyridine rings is 1. The Morgan fingerprint density at radius 1 is 1.21 bits per heavy atom. The van der Waals surface area contributed by atoms with Crippen LogP contribution < -0.4 is 15.5 Å². The van der Waals surface area contributed by atoms with Crippen LogP contribution in [-0.2, 0) is 0 Å². The van der Waals surface area contributed by atoms with Gasteiger partial charge in [0.15, 0.2) is 0 Å². The lowest BCUT2D eigenvalue weighted by Gasteiger charge is -2.33. The number of carbonyl (C=O) groups is 2. The van der Waals surface area contributed by atoms with Crippen molar-refractivity contribution in [3.8, 4) is 0 Å². The highest BCUT2D eigenvalue weighted by atomic mass is 32.1.